The van der Waals surface area contributed by atoms with Crippen molar-refractivity contribution in [3.63, 3.8) is 0 Å². The molecule has 0 bridgehead atoms. The van der Waals surface area contributed by atoms with Crippen molar-refractivity contribution >= 4 is 27.6 Å². The van der Waals surface area contributed by atoms with Crippen LogP contribution in [0.1, 0.15) is 39.2 Å². The van der Waals surface area contributed by atoms with Gasteiger partial charge in [-0.1, -0.05) is 32.0 Å². The second-order valence-electron chi connectivity index (χ2n) is 7.23. The van der Waals surface area contributed by atoms with Crippen LogP contribution in [0.3, 0.4) is 0 Å². The number of hydrogen-bond acceptors (Lipinski definition) is 1. The Morgan fingerprint density at radius 1 is 1.15 bits per heavy atom. The minimum atomic E-state index is -0.846. The van der Waals surface area contributed by atoms with Gasteiger partial charge < -0.3 is 4.42 Å². The molecule has 0 amide bonds. The molecule has 4 aromatic rings. The summed E-state index contributed by atoms with van der Waals surface area (Å²) in [5, 5.41) is 1.94. The predicted octanol–water partition coefficient (Wildman–Crippen LogP) is 6.37. The Morgan fingerprint density at radius 3 is 2.63 bits per heavy atom. The van der Waals surface area contributed by atoms with Gasteiger partial charge in [0.05, 0.1) is 12.1 Å². The molecule has 2 aromatic heterocycles. The number of aryl methyl sites for hydroxylation is 2. The Hall–Kier alpha value is -3.12. The average molecular weight is 357 g/mol. The Bertz CT molecular complexity index is 1340. The Labute approximate surface area is 162 Å². The first-order chi connectivity index (χ1) is 13.6. The summed E-state index contributed by atoms with van der Waals surface area (Å²) in [5.74, 6) is -0.846. The molecule has 0 saturated heterocycles. The Balaban J connectivity index is 2.09. The number of nitrogens with zero attached hydrogens (tertiary/aromatic N) is 2. The van der Waals surface area contributed by atoms with Gasteiger partial charge in [-0.05, 0) is 43.0 Å². The van der Waals surface area contributed by atoms with Gasteiger partial charge in [0.2, 0.25) is 5.69 Å². The molecule has 0 aliphatic heterocycles. The maximum absolute atomic E-state index is 8.59. The number of pyridine rings is 1. The molecule has 0 N–H and O–H groups in total. The van der Waals surface area contributed by atoms with Crippen molar-refractivity contribution in [2.45, 2.75) is 33.6 Å². The Morgan fingerprint density at radius 2 is 1.93 bits per heavy atom. The number of fused-ring (bicyclic) bond motifs is 3. The van der Waals surface area contributed by atoms with Crippen molar-refractivity contribution in [2.75, 3.05) is 0 Å². The highest BCUT2D eigenvalue weighted by Gasteiger charge is 2.22. The van der Waals surface area contributed by atoms with Gasteiger partial charge in [0.25, 0.3) is 0 Å². The van der Waals surface area contributed by atoms with E-state index in [9.17, 15) is 0 Å². The molecule has 3 nitrogen and oxygen atoms in total. The van der Waals surface area contributed by atoms with E-state index in [2.05, 4.69) is 10.9 Å². The SMILES string of the molecule is [2H]c1c(C([2H])(C)C)ccc(-c2c(C)ccc3c2oc2ccc([N+]#[C-])c(C)c23)[n+]1C. The van der Waals surface area contributed by atoms with Gasteiger partial charge in [0.15, 0.2) is 11.9 Å². The van der Waals surface area contributed by atoms with Gasteiger partial charge in [-0.3, -0.25) is 0 Å². The smallest absolute Gasteiger partial charge is 0.216 e. The summed E-state index contributed by atoms with van der Waals surface area (Å²) in [6.07, 6.45) is 0.321. The third-order valence-corrected chi connectivity index (χ3v) is 5.22. The fourth-order valence-electron chi connectivity index (χ4n) is 3.71. The molecule has 3 heteroatoms. The van der Waals surface area contributed by atoms with Crippen LogP contribution in [0.15, 0.2) is 47.0 Å². The molecular formula is C24H23N2O+. The first kappa shape index (κ1) is 15.0. The number of furan rings is 1. The first-order valence-corrected chi connectivity index (χ1v) is 8.98. The molecular weight excluding hydrogens is 332 g/mol. The molecule has 0 atom stereocenters. The topological polar surface area (TPSA) is 21.4 Å². The summed E-state index contributed by atoms with van der Waals surface area (Å²) < 4.78 is 25.0. The van der Waals surface area contributed by atoms with Gasteiger partial charge >= 0.3 is 0 Å². The van der Waals surface area contributed by atoms with Crippen LogP contribution >= 0.6 is 0 Å². The number of benzene rings is 2. The predicted molar refractivity (Wildman–Crippen MR) is 110 cm³/mol. The number of hydrogen-bond donors (Lipinski definition) is 0. The fraction of sp³-hybridized carbons (Fsp3) is 0.250. The largest absolute Gasteiger partial charge is 0.455 e. The van der Waals surface area contributed by atoms with Gasteiger partial charge in [-0.2, -0.15) is 0 Å². The second-order valence-corrected chi connectivity index (χ2v) is 7.23. The molecule has 0 spiro atoms. The Kier molecular flexibility index (Phi) is 3.47. The number of aromatic nitrogens is 1. The van der Waals surface area contributed by atoms with E-state index < -0.39 is 5.89 Å². The third-order valence-electron chi connectivity index (χ3n) is 5.22. The van der Waals surface area contributed by atoms with E-state index in [-0.39, 0.29) is 0 Å². The molecule has 0 fully saturated rings. The third kappa shape index (κ3) is 2.61. The van der Waals surface area contributed by atoms with Crippen LogP contribution in [0.4, 0.5) is 5.69 Å². The average Bonchev–Trinajstić information content (AvgIpc) is 3.03. The molecule has 2 heterocycles. The fourth-order valence-corrected chi connectivity index (χ4v) is 3.71. The summed E-state index contributed by atoms with van der Waals surface area (Å²) >= 11 is 0. The zero-order valence-electron chi connectivity index (χ0n) is 18.3. The highest BCUT2D eigenvalue weighted by molar-refractivity contribution is 6.12. The lowest BCUT2D eigenvalue weighted by molar-refractivity contribution is -0.660. The summed E-state index contributed by atoms with van der Waals surface area (Å²) in [6, 6.07) is 11.6. The van der Waals surface area contributed by atoms with E-state index in [1.807, 2.05) is 49.7 Å². The minimum absolute atomic E-state index is 0.321. The van der Waals surface area contributed by atoms with Crippen LogP contribution in [0.25, 0.3) is 38.0 Å². The van der Waals surface area contributed by atoms with Crippen molar-refractivity contribution in [1.29, 1.82) is 0 Å². The van der Waals surface area contributed by atoms with Crippen LogP contribution in [0.2, 0.25) is 0 Å². The maximum Gasteiger partial charge on any atom is 0.216 e. The molecule has 0 aliphatic rings. The lowest BCUT2D eigenvalue weighted by Gasteiger charge is -2.08. The summed E-state index contributed by atoms with van der Waals surface area (Å²) in [6.45, 7) is 15.0. The zero-order chi connectivity index (χ0) is 21.1. The monoisotopic (exact) mass is 357 g/mol. The molecule has 4 rings (SSSR count). The molecule has 134 valence electrons. The highest BCUT2D eigenvalue weighted by Crippen LogP contribution is 2.40. The maximum atomic E-state index is 8.59. The van der Waals surface area contributed by atoms with E-state index in [0.717, 1.165) is 44.3 Å². The quantitative estimate of drug-likeness (QED) is 0.302. The van der Waals surface area contributed by atoms with Crippen molar-refractivity contribution < 1.29 is 11.7 Å². The molecule has 0 unspecified atom stereocenters. The zero-order valence-corrected chi connectivity index (χ0v) is 16.3. The van der Waals surface area contributed by atoms with Crippen LogP contribution in [0, 0.1) is 20.4 Å². The van der Waals surface area contributed by atoms with Gasteiger partial charge in [-0.25, -0.2) is 9.41 Å². The molecule has 0 aliphatic carbocycles. The first-order valence-electron chi connectivity index (χ1n) is 9.98. The molecule has 0 radical (unpaired) electrons. The van der Waals surface area contributed by atoms with Crippen LogP contribution in [-0.4, -0.2) is 0 Å². The van der Waals surface area contributed by atoms with E-state index in [4.69, 9.17) is 13.7 Å². The van der Waals surface area contributed by atoms with E-state index in [0.29, 0.717) is 17.4 Å². The van der Waals surface area contributed by atoms with Crippen LogP contribution in [0.5, 0.6) is 0 Å². The summed E-state index contributed by atoms with van der Waals surface area (Å²) in [5.41, 5.74) is 6.60. The second kappa shape index (κ2) is 6.25. The highest BCUT2D eigenvalue weighted by atomic mass is 16.3. The van der Waals surface area contributed by atoms with Crippen molar-refractivity contribution in [2.24, 2.45) is 7.05 Å². The van der Waals surface area contributed by atoms with Gasteiger partial charge in [0.1, 0.15) is 19.6 Å². The summed E-state index contributed by atoms with van der Waals surface area (Å²) in [4.78, 5) is 3.62. The lowest BCUT2D eigenvalue weighted by atomic mass is 9.98. The summed E-state index contributed by atoms with van der Waals surface area (Å²) in [7, 11) is 1.86. The molecule has 0 saturated carbocycles. The van der Waals surface area contributed by atoms with Gasteiger partial charge in [0, 0.05) is 23.8 Å². The van der Waals surface area contributed by atoms with E-state index >= 15 is 0 Å². The van der Waals surface area contributed by atoms with Crippen molar-refractivity contribution in [1.82, 2.24) is 0 Å². The standard InChI is InChI=1S/C24H23N2O/c1-14(2)17-8-11-20(26(6)13-17)22-15(3)7-9-18-23-16(4)19(25-5)10-12-21(23)27-24(18)22/h7-14H,1-4,6H3/q+1/i13D,14D. The van der Waals surface area contributed by atoms with Crippen LogP contribution in [-0.2, 0) is 7.05 Å². The van der Waals surface area contributed by atoms with E-state index in [1.54, 1.807) is 19.9 Å². The van der Waals surface area contributed by atoms with Crippen LogP contribution < -0.4 is 4.57 Å². The van der Waals surface area contributed by atoms with Crippen molar-refractivity contribution in [3.05, 3.63) is 70.7 Å². The molecule has 2 aromatic carbocycles. The van der Waals surface area contributed by atoms with Crippen molar-refractivity contribution in [3.8, 4) is 11.3 Å². The molecule has 27 heavy (non-hydrogen) atoms. The number of rotatable bonds is 2. The van der Waals surface area contributed by atoms with E-state index in [1.165, 1.54) is 0 Å². The normalized spacial score (nSPS) is 12.9. The lowest BCUT2D eigenvalue weighted by Crippen LogP contribution is -2.31. The minimum Gasteiger partial charge on any atom is -0.455 e. The van der Waals surface area contributed by atoms with Gasteiger partial charge in [-0.15, -0.1) is 0 Å².